The van der Waals surface area contributed by atoms with Crippen LogP contribution in [-0.4, -0.2) is 61.9 Å². The van der Waals surface area contributed by atoms with E-state index in [1.807, 2.05) is 39.2 Å². The van der Waals surface area contributed by atoms with Crippen molar-refractivity contribution >= 4 is 5.91 Å². The van der Waals surface area contributed by atoms with E-state index in [2.05, 4.69) is 35.4 Å². The Balaban J connectivity index is 1.77. The number of aliphatic hydroxyl groups is 1. The first-order chi connectivity index (χ1) is 15.5. The molecule has 1 aromatic carbocycles. The minimum atomic E-state index is -0.628. The molecule has 6 nitrogen and oxygen atoms in total. The Hall–Kier alpha value is -1.63. The third-order valence-electron chi connectivity index (χ3n) is 8.26. The van der Waals surface area contributed by atoms with Crippen LogP contribution in [0, 0.1) is 16.7 Å². The molecule has 0 heterocycles. The lowest BCUT2D eigenvalue weighted by molar-refractivity contribution is -0.123. The van der Waals surface area contributed by atoms with E-state index in [0.717, 1.165) is 56.5 Å². The molecule has 0 aliphatic heterocycles. The second-order valence-corrected chi connectivity index (χ2v) is 11.6. The molecule has 2 aliphatic rings. The van der Waals surface area contributed by atoms with Gasteiger partial charge in [-0.3, -0.25) is 4.79 Å². The number of rotatable bonds is 10. The number of methoxy groups -OCH3 is 1. The highest BCUT2D eigenvalue weighted by Crippen LogP contribution is 2.63. The number of amides is 1. The van der Waals surface area contributed by atoms with Crippen LogP contribution < -0.4 is 15.4 Å². The number of likely N-dealkylation sites (N-methyl/N-ethyl adjacent to an activating group) is 1. The molecule has 2 aliphatic carbocycles. The van der Waals surface area contributed by atoms with Crippen LogP contribution in [0.3, 0.4) is 0 Å². The number of ether oxygens (including phenoxy) is 1. The molecule has 186 valence electrons. The lowest BCUT2D eigenvalue weighted by atomic mass is 9.57. The summed E-state index contributed by atoms with van der Waals surface area (Å²) in [5, 5.41) is 17.9. The van der Waals surface area contributed by atoms with Crippen molar-refractivity contribution < 1.29 is 14.6 Å². The average Bonchev–Trinajstić information content (AvgIpc) is 2.96. The van der Waals surface area contributed by atoms with Gasteiger partial charge in [-0.25, -0.2) is 0 Å². The van der Waals surface area contributed by atoms with E-state index in [4.69, 9.17) is 4.74 Å². The van der Waals surface area contributed by atoms with Crippen LogP contribution in [0.15, 0.2) is 24.3 Å². The summed E-state index contributed by atoms with van der Waals surface area (Å²) in [6.45, 7) is 8.93. The van der Waals surface area contributed by atoms with Gasteiger partial charge in [0.1, 0.15) is 5.75 Å². The van der Waals surface area contributed by atoms with Crippen LogP contribution in [-0.2, 0) is 11.3 Å². The predicted molar refractivity (Wildman–Crippen MR) is 133 cm³/mol. The molecule has 0 radical (unpaired) electrons. The fourth-order valence-corrected chi connectivity index (χ4v) is 6.45. The van der Waals surface area contributed by atoms with Gasteiger partial charge in [0.25, 0.3) is 0 Å². The van der Waals surface area contributed by atoms with E-state index < -0.39 is 5.60 Å². The van der Waals surface area contributed by atoms with Crippen molar-refractivity contribution in [3.05, 3.63) is 29.8 Å². The van der Waals surface area contributed by atoms with Gasteiger partial charge in [0.2, 0.25) is 5.91 Å². The minimum absolute atomic E-state index is 0.00659. The summed E-state index contributed by atoms with van der Waals surface area (Å²) in [5.41, 5.74) is 0.633. The van der Waals surface area contributed by atoms with Crippen LogP contribution >= 0.6 is 0 Å². The normalized spacial score (nSPS) is 30.8. The maximum atomic E-state index is 12.7. The van der Waals surface area contributed by atoms with Crippen molar-refractivity contribution in [2.75, 3.05) is 34.3 Å². The number of para-hydroxylation sites is 1. The Morgan fingerprint density at radius 1 is 1.18 bits per heavy atom. The summed E-state index contributed by atoms with van der Waals surface area (Å²) in [6, 6.07) is 8.46. The maximum Gasteiger partial charge on any atom is 0.220 e. The molecule has 4 atom stereocenters. The highest BCUT2D eigenvalue weighted by molar-refractivity contribution is 5.75. The molecule has 2 saturated carbocycles. The zero-order valence-corrected chi connectivity index (χ0v) is 21.5. The van der Waals surface area contributed by atoms with Gasteiger partial charge in [-0.15, -0.1) is 0 Å². The molecular formula is C27H45N3O3. The van der Waals surface area contributed by atoms with Crippen molar-refractivity contribution in [2.45, 2.75) is 77.5 Å². The number of fused-ring (bicyclic) bond motifs is 1. The maximum absolute atomic E-state index is 12.7. The van der Waals surface area contributed by atoms with Crippen molar-refractivity contribution in [3.8, 4) is 5.75 Å². The van der Waals surface area contributed by atoms with Gasteiger partial charge in [0.05, 0.1) is 12.7 Å². The monoisotopic (exact) mass is 459 g/mol. The smallest absolute Gasteiger partial charge is 0.220 e. The van der Waals surface area contributed by atoms with Gasteiger partial charge in [-0.1, -0.05) is 32.0 Å². The summed E-state index contributed by atoms with van der Waals surface area (Å²) >= 11 is 0. The summed E-state index contributed by atoms with van der Waals surface area (Å²) in [5.74, 6) is 1.41. The molecule has 3 N–H and O–H groups in total. The number of benzene rings is 1. The van der Waals surface area contributed by atoms with E-state index >= 15 is 0 Å². The van der Waals surface area contributed by atoms with Crippen LogP contribution in [0.25, 0.3) is 0 Å². The number of hydrogen-bond acceptors (Lipinski definition) is 5. The van der Waals surface area contributed by atoms with Crippen LogP contribution in [0.5, 0.6) is 5.75 Å². The Morgan fingerprint density at radius 2 is 1.91 bits per heavy atom. The number of nitrogens with zero attached hydrogens (tertiary/aromatic N) is 1. The topological polar surface area (TPSA) is 73.8 Å². The van der Waals surface area contributed by atoms with Crippen LogP contribution in [0.1, 0.15) is 64.9 Å². The second kappa shape index (κ2) is 10.3. The number of carbonyl (C=O) groups excluding carboxylic acids is 1. The number of carbonyl (C=O) groups is 1. The van der Waals surface area contributed by atoms with E-state index in [1.165, 1.54) is 0 Å². The molecule has 0 aromatic heterocycles. The summed E-state index contributed by atoms with van der Waals surface area (Å²) in [4.78, 5) is 14.8. The van der Waals surface area contributed by atoms with E-state index in [0.29, 0.717) is 24.9 Å². The lowest BCUT2D eigenvalue weighted by Gasteiger charge is -2.51. The first kappa shape index (κ1) is 26.0. The molecule has 0 spiro atoms. The SMILES string of the molecule is COc1ccccc1CN[C@H]1CC(C)(C)[C@@H]2C[C@@](C)(O)CC[C@]12CCC(=O)NCCN(C)C. The van der Waals surface area contributed by atoms with Gasteiger partial charge < -0.3 is 25.4 Å². The minimum Gasteiger partial charge on any atom is -0.496 e. The first-order valence-corrected chi connectivity index (χ1v) is 12.5. The standard InChI is InChI=1S/C27H45N3O3/c1-25(2)18-23(29-19-20-9-7-8-10-21(20)33-6)27(14-13-26(3,32)17-22(25)27)12-11-24(31)28-15-16-30(4)5/h7-10,22-23,29,32H,11-19H2,1-6H3,(H,28,31)/t22-,23-,26-,27-/m0/s1. The van der Waals surface area contributed by atoms with E-state index in [9.17, 15) is 9.90 Å². The van der Waals surface area contributed by atoms with Gasteiger partial charge in [-0.2, -0.15) is 0 Å². The first-order valence-electron chi connectivity index (χ1n) is 12.5. The zero-order valence-electron chi connectivity index (χ0n) is 21.5. The van der Waals surface area contributed by atoms with Gasteiger partial charge in [0, 0.05) is 37.7 Å². The molecule has 0 unspecified atom stereocenters. The quantitative estimate of drug-likeness (QED) is 0.499. The summed E-state index contributed by atoms with van der Waals surface area (Å²) < 4.78 is 5.56. The van der Waals surface area contributed by atoms with Crippen LogP contribution in [0.2, 0.25) is 0 Å². The predicted octanol–water partition coefficient (Wildman–Crippen LogP) is 3.58. The van der Waals surface area contributed by atoms with Gasteiger partial charge >= 0.3 is 0 Å². The molecule has 2 fully saturated rings. The molecule has 0 saturated heterocycles. The third-order valence-corrected chi connectivity index (χ3v) is 8.26. The second-order valence-electron chi connectivity index (χ2n) is 11.6. The molecular weight excluding hydrogens is 414 g/mol. The fourth-order valence-electron chi connectivity index (χ4n) is 6.45. The average molecular weight is 460 g/mol. The van der Waals surface area contributed by atoms with Crippen molar-refractivity contribution in [2.24, 2.45) is 16.7 Å². The summed E-state index contributed by atoms with van der Waals surface area (Å²) in [7, 11) is 5.75. The van der Waals surface area contributed by atoms with Crippen molar-refractivity contribution in [1.29, 1.82) is 0 Å². The number of nitrogens with one attached hydrogen (secondary N) is 2. The van der Waals surface area contributed by atoms with Crippen molar-refractivity contribution in [1.82, 2.24) is 15.5 Å². The fraction of sp³-hybridized carbons (Fsp3) is 0.741. The van der Waals surface area contributed by atoms with Crippen LogP contribution in [0.4, 0.5) is 0 Å². The Morgan fingerprint density at radius 3 is 2.61 bits per heavy atom. The van der Waals surface area contributed by atoms with E-state index in [-0.39, 0.29) is 16.7 Å². The molecule has 1 amide bonds. The Labute approximate surface area is 200 Å². The molecule has 33 heavy (non-hydrogen) atoms. The molecule has 0 bridgehead atoms. The van der Waals surface area contributed by atoms with E-state index in [1.54, 1.807) is 7.11 Å². The lowest BCUT2D eigenvalue weighted by Crippen LogP contribution is -2.51. The largest absolute Gasteiger partial charge is 0.496 e. The third kappa shape index (κ3) is 6.09. The highest BCUT2D eigenvalue weighted by atomic mass is 16.5. The summed E-state index contributed by atoms with van der Waals surface area (Å²) in [6.07, 6.45) is 4.97. The Kier molecular flexibility index (Phi) is 8.13. The van der Waals surface area contributed by atoms with Gasteiger partial charge in [-0.05, 0) is 75.9 Å². The molecule has 3 rings (SSSR count). The van der Waals surface area contributed by atoms with Crippen molar-refractivity contribution in [3.63, 3.8) is 0 Å². The Bertz CT molecular complexity index is 808. The highest BCUT2D eigenvalue weighted by Gasteiger charge is 2.61. The zero-order chi connectivity index (χ0) is 24.3. The number of hydrogen-bond donors (Lipinski definition) is 3. The van der Waals surface area contributed by atoms with Gasteiger partial charge in [0.15, 0.2) is 0 Å². The molecule has 6 heteroatoms. The molecule has 1 aromatic rings.